The van der Waals surface area contributed by atoms with Crippen LogP contribution in [-0.2, 0) is 0 Å². The van der Waals surface area contributed by atoms with E-state index in [0.717, 1.165) is 29.9 Å². The van der Waals surface area contributed by atoms with E-state index < -0.39 is 0 Å². The molecule has 0 amide bonds. The third-order valence-electron chi connectivity index (χ3n) is 4.34. The number of aryl methyl sites for hydroxylation is 1. The van der Waals surface area contributed by atoms with Gasteiger partial charge in [0.05, 0.1) is 0 Å². The lowest BCUT2D eigenvalue weighted by atomic mass is 9.77. The van der Waals surface area contributed by atoms with Crippen molar-refractivity contribution in [3.05, 3.63) is 29.6 Å². The zero-order valence-corrected chi connectivity index (χ0v) is 12.2. The number of aromatic nitrogens is 1. The van der Waals surface area contributed by atoms with Crippen molar-refractivity contribution in [3.8, 4) is 0 Å². The Labute approximate surface area is 116 Å². The molecule has 0 unspecified atom stereocenters. The van der Waals surface area contributed by atoms with Gasteiger partial charge in [-0.2, -0.15) is 0 Å². The number of unbranched alkanes of at least 4 members (excludes halogenated alkanes) is 1. The standard InChI is InChI=1S/C17H25NO/c1-3-4-5-14-6-8-15(9-7-14)17(19)16-10-13(2)11-18-12-16/h10-12,14-15H,3-9H2,1-2H3. The monoisotopic (exact) mass is 259 g/mol. The lowest BCUT2D eigenvalue weighted by Gasteiger charge is -2.27. The van der Waals surface area contributed by atoms with E-state index in [0.29, 0.717) is 5.78 Å². The first kappa shape index (κ1) is 14.2. The van der Waals surface area contributed by atoms with Crippen LogP contribution in [0.1, 0.15) is 67.8 Å². The largest absolute Gasteiger partial charge is 0.294 e. The average molecular weight is 259 g/mol. The van der Waals surface area contributed by atoms with Crippen molar-refractivity contribution < 1.29 is 4.79 Å². The molecule has 1 aliphatic carbocycles. The first-order valence-corrected chi connectivity index (χ1v) is 7.66. The van der Waals surface area contributed by atoms with Crippen molar-refractivity contribution in [2.75, 3.05) is 0 Å². The Morgan fingerprint density at radius 2 is 2.00 bits per heavy atom. The summed E-state index contributed by atoms with van der Waals surface area (Å²) in [5, 5.41) is 0. The minimum atomic E-state index is 0.237. The van der Waals surface area contributed by atoms with Crippen LogP contribution in [0.25, 0.3) is 0 Å². The second-order valence-corrected chi connectivity index (χ2v) is 5.98. The molecular formula is C17H25NO. The normalized spacial score (nSPS) is 23.3. The zero-order chi connectivity index (χ0) is 13.7. The van der Waals surface area contributed by atoms with E-state index in [2.05, 4.69) is 11.9 Å². The fourth-order valence-corrected chi connectivity index (χ4v) is 3.13. The Morgan fingerprint density at radius 1 is 1.26 bits per heavy atom. The quantitative estimate of drug-likeness (QED) is 0.725. The molecule has 0 aliphatic heterocycles. The van der Waals surface area contributed by atoms with Gasteiger partial charge in [-0.25, -0.2) is 0 Å². The summed E-state index contributed by atoms with van der Waals surface area (Å²) in [7, 11) is 0. The predicted octanol–water partition coefficient (Wildman–Crippen LogP) is 4.57. The lowest BCUT2D eigenvalue weighted by Crippen LogP contribution is -2.22. The molecule has 2 nitrogen and oxygen atoms in total. The third-order valence-corrected chi connectivity index (χ3v) is 4.34. The molecule has 0 saturated heterocycles. The molecule has 1 aliphatic rings. The van der Waals surface area contributed by atoms with Gasteiger partial charge in [0.2, 0.25) is 0 Å². The van der Waals surface area contributed by atoms with Gasteiger partial charge >= 0.3 is 0 Å². The highest BCUT2D eigenvalue weighted by atomic mass is 16.1. The Kier molecular flexibility index (Phi) is 5.12. The van der Waals surface area contributed by atoms with Crippen LogP contribution in [-0.4, -0.2) is 10.8 Å². The van der Waals surface area contributed by atoms with Crippen molar-refractivity contribution >= 4 is 5.78 Å². The Bertz CT molecular complexity index is 419. The SMILES string of the molecule is CCCCC1CCC(C(=O)c2cncc(C)c2)CC1. The van der Waals surface area contributed by atoms with Crippen molar-refractivity contribution in [2.24, 2.45) is 11.8 Å². The molecule has 1 aromatic rings. The van der Waals surface area contributed by atoms with Crippen molar-refractivity contribution in [1.29, 1.82) is 0 Å². The van der Waals surface area contributed by atoms with Crippen LogP contribution >= 0.6 is 0 Å². The van der Waals surface area contributed by atoms with Crippen LogP contribution in [0.2, 0.25) is 0 Å². The van der Waals surface area contributed by atoms with Gasteiger partial charge in [0.25, 0.3) is 0 Å². The fraction of sp³-hybridized carbons (Fsp3) is 0.647. The molecule has 1 aromatic heterocycles. The third kappa shape index (κ3) is 3.89. The number of hydrogen-bond acceptors (Lipinski definition) is 2. The highest BCUT2D eigenvalue weighted by Crippen LogP contribution is 2.33. The molecule has 1 fully saturated rings. The molecule has 0 aromatic carbocycles. The van der Waals surface area contributed by atoms with Gasteiger partial charge in [-0.05, 0) is 50.2 Å². The van der Waals surface area contributed by atoms with Gasteiger partial charge in [0.1, 0.15) is 0 Å². The summed E-state index contributed by atoms with van der Waals surface area (Å²) in [6.07, 6.45) is 12.1. The van der Waals surface area contributed by atoms with E-state index in [1.165, 1.54) is 32.1 Å². The maximum atomic E-state index is 12.4. The van der Waals surface area contributed by atoms with Gasteiger partial charge in [-0.15, -0.1) is 0 Å². The number of carbonyl (C=O) groups excluding carboxylic acids is 1. The molecule has 2 heteroatoms. The van der Waals surface area contributed by atoms with Gasteiger partial charge in [-0.1, -0.05) is 26.2 Å². The molecule has 19 heavy (non-hydrogen) atoms. The Hall–Kier alpha value is -1.18. The zero-order valence-electron chi connectivity index (χ0n) is 12.2. The molecule has 0 N–H and O–H groups in total. The number of Topliss-reactive ketones (excluding diaryl/α,β-unsaturated/α-hetero) is 1. The minimum Gasteiger partial charge on any atom is -0.294 e. The predicted molar refractivity (Wildman–Crippen MR) is 78.3 cm³/mol. The molecular weight excluding hydrogens is 234 g/mol. The van der Waals surface area contributed by atoms with Crippen LogP contribution < -0.4 is 0 Å². The fourth-order valence-electron chi connectivity index (χ4n) is 3.13. The molecule has 0 spiro atoms. The topological polar surface area (TPSA) is 30.0 Å². The highest BCUT2D eigenvalue weighted by Gasteiger charge is 2.26. The van der Waals surface area contributed by atoms with Crippen molar-refractivity contribution in [1.82, 2.24) is 4.98 Å². The molecule has 1 saturated carbocycles. The summed E-state index contributed by atoms with van der Waals surface area (Å²) >= 11 is 0. The van der Waals surface area contributed by atoms with Gasteiger partial charge in [0, 0.05) is 23.9 Å². The van der Waals surface area contributed by atoms with Gasteiger partial charge < -0.3 is 0 Å². The van der Waals surface area contributed by atoms with Crippen LogP contribution in [0.3, 0.4) is 0 Å². The minimum absolute atomic E-state index is 0.237. The smallest absolute Gasteiger partial charge is 0.167 e. The van der Waals surface area contributed by atoms with E-state index in [4.69, 9.17) is 0 Å². The number of pyridine rings is 1. The lowest BCUT2D eigenvalue weighted by molar-refractivity contribution is 0.0869. The number of carbonyl (C=O) groups is 1. The van der Waals surface area contributed by atoms with Crippen molar-refractivity contribution in [2.45, 2.75) is 58.8 Å². The molecule has 104 valence electrons. The van der Waals surface area contributed by atoms with E-state index in [1.807, 2.05) is 13.0 Å². The van der Waals surface area contributed by atoms with E-state index in [1.54, 1.807) is 12.4 Å². The number of nitrogens with zero attached hydrogens (tertiary/aromatic N) is 1. The van der Waals surface area contributed by atoms with Crippen LogP contribution in [0, 0.1) is 18.8 Å². The first-order valence-electron chi connectivity index (χ1n) is 7.66. The maximum absolute atomic E-state index is 12.4. The molecule has 2 rings (SSSR count). The molecule has 0 bridgehead atoms. The van der Waals surface area contributed by atoms with E-state index >= 15 is 0 Å². The van der Waals surface area contributed by atoms with Gasteiger partial charge in [0.15, 0.2) is 5.78 Å². The van der Waals surface area contributed by atoms with Crippen LogP contribution in [0.4, 0.5) is 0 Å². The van der Waals surface area contributed by atoms with E-state index in [9.17, 15) is 4.79 Å². The summed E-state index contributed by atoms with van der Waals surface area (Å²) in [6.45, 7) is 4.24. The summed E-state index contributed by atoms with van der Waals surface area (Å²) in [6, 6.07) is 1.97. The average Bonchev–Trinajstić information content (AvgIpc) is 2.45. The Morgan fingerprint density at radius 3 is 2.63 bits per heavy atom. The van der Waals surface area contributed by atoms with Crippen LogP contribution in [0.5, 0.6) is 0 Å². The van der Waals surface area contributed by atoms with Crippen LogP contribution in [0.15, 0.2) is 18.5 Å². The second kappa shape index (κ2) is 6.83. The Balaban J connectivity index is 1.89. The number of hydrogen-bond donors (Lipinski definition) is 0. The first-order chi connectivity index (χ1) is 9.20. The maximum Gasteiger partial charge on any atom is 0.167 e. The molecule has 0 radical (unpaired) electrons. The number of ketones is 1. The summed E-state index contributed by atoms with van der Waals surface area (Å²) < 4.78 is 0. The summed E-state index contributed by atoms with van der Waals surface area (Å²) in [4.78, 5) is 16.6. The van der Waals surface area contributed by atoms with E-state index in [-0.39, 0.29) is 5.92 Å². The number of rotatable bonds is 5. The summed E-state index contributed by atoms with van der Waals surface area (Å²) in [5.41, 5.74) is 1.87. The highest BCUT2D eigenvalue weighted by molar-refractivity contribution is 5.97. The second-order valence-electron chi connectivity index (χ2n) is 5.98. The van der Waals surface area contributed by atoms with Gasteiger partial charge in [-0.3, -0.25) is 9.78 Å². The summed E-state index contributed by atoms with van der Waals surface area (Å²) in [5.74, 6) is 1.41. The van der Waals surface area contributed by atoms with Crippen molar-refractivity contribution in [3.63, 3.8) is 0 Å². The molecule has 0 atom stereocenters. The molecule has 1 heterocycles.